The first-order chi connectivity index (χ1) is 14.8. The summed E-state index contributed by atoms with van der Waals surface area (Å²) in [7, 11) is 3.40. The van der Waals surface area contributed by atoms with Crippen molar-refractivity contribution in [3.63, 3.8) is 0 Å². The van der Waals surface area contributed by atoms with E-state index in [2.05, 4.69) is 15.3 Å². The second kappa shape index (κ2) is 8.70. The van der Waals surface area contributed by atoms with Crippen LogP contribution in [0.2, 0.25) is 10.0 Å². The summed E-state index contributed by atoms with van der Waals surface area (Å²) in [5.74, 6) is -0.390. The van der Waals surface area contributed by atoms with Crippen molar-refractivity contribution in [1.82, 2.24) is 15.2 Å². The molecule has 1 aliphatic rings. The molecule has 0 saturated carbocycles. The molecule has 0 bridgehead atoms. The average molecular weight is 471 g/mol. The normalized spacial score (nSPS) is 16.2. The Morgan fingerprint density at radius 2 is 1.90 bits per heavy atom. The van der Waals surface area contributed by atoms with Gasteiger partial charge in [-0.05, 0) is 53.7 Å². The lowest BCUT2D eigenvalue weighted by molar-refractivity contribution is -0.115. The van der Waals surface area contributed by atoms with E-state index in [0.29, 0.717) is 36.9 Å². The minimum atomic E-state index is -0.275. The molecular weight excluding hydrogens is 455 g/mol. The van der Waals surface area contributed by atoms with Gasteiger partial charge < -0.3 is 10.2 Å². The molecule has 1 fully saturated rings. The number of carbonyl (C=O) groups excluding carboxylic acids is 2. The number of nitrogens with zero attached hydrogens (tertiary/aromatic N) is 3. The summed E-state index contributed by atoms with van der Waals surface area (Å²) < 4.78 is 0. The minimum Gasteiger partial charge on any atom is -0.345 e. The van der Waals surface area contributed by atoms with Crippen LogP contribution in [0.4, 0.5) is 5.69 Å². The topological polar surface area (TPSA) is 74.7 Å². The lowest BCUT2D eigenvalue weighted by atomic mass is 10.0. The van der Waals surface area contributed by atoms with Gasteiger partial charge in [0, 0.05) is 25.7 Å². The van der Waals surface area contributed by atoms with Crippen LogP contribution < -0.4 is 5.32 Å². The first kappa shape index (κ1) is 21.4. The number of aliphatic imine (C=N–C) groups is 1. The summed E-state index contributed by atoms with van der Waals surface area (Å²) in [6, 6.07) is 12.3. The standard InChI is InChI=1S/C22H16Cl2N4O2S/c1-28(2)21(30)13-8-9-25-17-7-6-12(10-14(13)17)11-18-20(29)27-22(31-18)26-19-15(23)4-3-5-16(19)24/h3-11H,1-2H3,(H,26,27,29)/b18-11-. The number of pyridine rings is 1. The fourth-order valence-electron chi connectivity index (χ4n) is 3.01. The number of rotatable bonds is 3. The number of fused-ring (bicyclic) bond motifs is 1. The number of hydrogen-bond donors (Lipinski definition) is 1. The molecule has 1 saturated heterocycles. The first-order valence-electron chi connectivity index (χ1n) is 9.17. The molecule has 6 nitrogen and oxygen atoms in total. The zero-order valence-corrected chi connectivity index (χ0v) is 18.8. The monoisotopic (exact) mass is 470 g/mol. The van der Waals surface area contributed by atoms with E-state index in [0.717, 1.165) is 10.9 Å². The van der Waals surface area contributed by atoms with Crippen molar-refractivity contribution in [2.24, 2.45) is 4.99 Å². The van der Waals surface area contributed by atoms with E-state index in [-0.39, 0.29) is 11.8 Å². The number of benzene rings is 2. The molecule has 2 amide bonds. The van der Waals surface area contributed by atoms with Crippen LogP contribution in [0.1, 0.15) is 15.9 Å². The van der Waals surface area contributed by atoms with E-state index in [4.69, 9.17) is 23.2 Å². The number of aromatic nitrogens is 1. The molecule has 0 spiro atoms. The summed E-state index contributed by atoms with van der Waals surface area (Å²) >= 11 is 13.5. The molecule has 1 aromatic heterocycles. The molecule has 2 aromatic carbocycles. The predicted molar refractivity (Wildman–Crippen MR) is 127 cm³/mol. The van der Waals surface area contributed by atoms with Gasteiger partial charge in [-0.2, -0.15) is 0 Å². The molecule has 2 heterocycles. The van der Waals surface area contributed by atoms with Gasteiger partial charge in [-0.15, -0.1) is 0 Å². The van der Waals surface area contributed by atoms with Gasteiger partial charge in [-0.3, -0.25) is 14.6 Å². The van der Waals surface area contributed by atoms with Gasteiger partial charge in [-0.25, -0.2) is 4.99 Å². The SMILES string of the molecule is CN(C)C(=O)c1ccnc2ccc(/C=C3\SC(=Nc4c(Cl)cccc4Cl)NC3=O)cc12. The van der Waals surface area contributed by atoms with E-state index < -0.39 is 0 Å². The molecule has 31 heavy (non-hydrogen) atoms. The molecule has 0 radical (unpaired) electrons. The number of thioether (sulfide) groups is 1. The van der Waals surface area contributed by atoms with E-state index in [1.54, 1.807) is 50.6 Å². The average Bonchev–Trinajstić information content (AvgIpc) is 3.08. The maximum atomic E-state index is 12.5. The van der Waals surface area contributed by atoms with E-state index in [1.807, 2.05) is 18.2 Å². The Morgan fingerprint density at radius 1 is 1.16 bits per heavy atom. The number of para-hydroxylation sites is 1. The Hall–Kier alpha value is -2.87. The Bertz CT molecular complexity index is 1270. The Balaban J connectivity index is 1.69. The third-order valence-electron chi connectivity index (χ3n) is 4.50. The van der Waals surface area contributed by atoms with Crippen molar-refractivity contribution in [3.05, 3.63) is 74.7 Å². The molecule has 4 rings (SSSR count). The van der Waals surface area contributed by atoms with Gasteiger partial charge in [0.1, 0.15) is 5.69 Å². The van der Waals surface area contributed by atoms with Crippen LogP contribution in [0.15, 0.2) is 58.6 Å². The van der Waals surface area contributed by atoms with Crippen molar-refractivity contribution in [3.8, 4) is 0 Å². The lowest BCUT2D eigenvalue weighted by Crippen LogP contribution is -2.22. The quantitative estimate of drug-likeness (QED) is 0.538. The number of amidine groups is 1. The van der Waals surface area contributed by atoms with Gasteiger partial charge in [0.05, 0.1) is 26.0 Å². The fraction of sp³-hybridized carbons (Fsp3) is 0.0909. The first-order valence-corrected chi connectivity index (χ1v) is 10.7. The fourth-order valence-corrected chi connectivity index (χ4v) is 4.32. The summed E-state index contributed by atoms with van der Waals surface area (Å²) in [6.45, 7) is 0. The maximum absolute atomic E-state index is 12.5. The van der Waals surface area contributed by atoms with Crippen molar-refractivity contribution in [1.29, 1.82) is 0 Å². The van der Waals surface area contributed by atoms with Crippen molar-refractivity contribution < 1.29 is 9.59 Å². The third kappa shape index (κ3) is 4.44. The Kier molecular flexibility index (Phi) is 6.00. The zero-order valence-electron chi connectivity index (χ0n) is 16.5. The van der Waals surface area contributed by atoms with Crippen molar-refractivity contribution in [2.75, 3.05) is 14.1 Å². The molecule has 0 unspecified atom stereocenters. The van der Waals surface area contributed by atoms with E-state index >= 15 is 0 Å². The molecule has 9 heteroatoms. The maximum Gasteiger partial charge on any atom is 0.264 e. The molecule has 156 valence electrons. The van der Waals surface area contributed by atoms with E-state index in [9.17, 15) is 9.59 Å². The summed E-state index contributed by atoms with van der Waals surface area (Å²) in [6.07, 6.45) is 3.35. The highest BCUT2D eigenvalue weighted by Gasteiger charge is 2.24. The number of nitrogens with one attached hydrogen (secondary N) is 1. The Labute approximate surface area is 193 Å². The van der Waals surface area contributed by atoms with Crippen LogP contribution in [-0.2, 0) is 4.79 Å². The molecule has 3 aromatic rings. The molecule has 1 aliphatic heterocycles. The summed E-state index contributed by atoms with van der Waals surface area (Å²) in [4.78, 5) is 35.7. The highest BCUT2D eigenvalue weighted by atomic mass is 35.5. The van der Waals surface area contributed by atoms with Crippen LogP contribution in [0.5, 0.6) is 0 Å². The summed E-state index contributed by atoms with van der Waals surface area (Å²) in [5.41, 5.74) is 2.42. The smallest absolute Gasteiger partial charge is 0.264 e. The predicted octanol–water partition coefficient (Wildman–Crippen LogP) is 5.14. The largest absolute Gasteiger partial charge is 0.345 e. The third-order valence-corrected chi connectivity index (χ3v) is 6.02. The zero-order chi connectivity index (χ0) is 22.1. The molecular formula is C22H16Cl2N4O2S. The van der Waals surface area contributed by atoms with E-state index in [1.165, 1.54) is 16.7 Å². The van der Waals surface area contributed by atoms with Crippen LogP contribution in [-0.4, -0.2) is 41.0 Å². The second-order valence-corrected chi connectivity index (χ2v) is 8.73. The second-order valence-electron chi connectivity index (χ2n) is 6.89. The number of amides is 2. The van der Waals surface area contributed by atoms with Gasteiger partial charge >= 0.3 is 0 Å². The van der Waals surface area contributed by atoms with Crippen LogP contribution in [0, 0.1) is 0 Å². The lowest BCUT2D eigenvalue weighted by Gasteiger charge is -2.12. The number of carbonyl (C=O) groups is 2. The number of halogens is 2. The van der Waals surface area contributed by atoms with Gasteiger partial charge in [0.2, 0.25) is 0 Å². The van der Waals surface area contributed by atoms with Crippen LogP contribution >= 0.6 is 35.0 Å². The molecule has 0 aliphatic carbocycles. The van der Waals surface area contributed by atoms with Gasteiger partial charge in [0.15, 0.2) is 5.17 Å². The molecule has 1 N–H and O–H groups in total. The number of hydrogen-bond acceptors (Lipinski definition) is 5. The highest BCUT2D eigenvalue weighted by molar-refractivity contribution is 8.18. The van der Waals surface area contributed by atoms with Crippen molar-refractivity contribution in [2.45, 2.75) is 0 Å². The minimum absolute atomic E-state index is 0.115. The van der Waals surface area contributed by atoms with Gasteiger partial charge in [-0.1, -0.05) is 35.3 Å². The molecule has 0 atom stereocenters. The Morgan fingerprint density at radius 3 is 2.61 bits per heavy atom. The van der Waals surface area contributed by atoms with Crippen LogP contribution in [0.3, 0.4) is 0 Å². The van der Waals surface area contributed by atoms with Crippen LogP contribution in [0.25, 0.3) is 17.0 Å². The summed E-state index contributed by atoms with van der Waals surface area (Å²) in [5, 5.41) is 4.62. The highest BCUT2D eigenvalue weighted by Crippen LogP contribution is 2.35. The van der Waals surface area contributed by atoms with Gasteiger partial charge in [0.25, 0.3) is 11.8 Å². The van der Waals surface area contributed by atoms with Crippen molar-refractivity contribution >= 4 is 74.6 Å².